The van der Waals surface area contributed by atoms with Crippen molar-refractivity contribution in [1.82, 2.24) is 4.98 Å². The van der Waals surface area contributed by atoms with Gasteiger partial charge in [-0.1, -0.05) is 18.2 Å². The molecule has 0 unspecified atom stereocenters. The van der Waals surface area contributed by atoms with Crippen LogP contribution in [0, 0.1) is 10.1 Å². The molecule has 0 saturated carbocycles. The van der Waals surface area contributed by atoms with E-state index < -0.39 is 10.9 Å². The van der Waals surface area contributed by atoms with Crippen LogP contribution >= 0.6 is 11.3 Å². The third kappa shape index (κ3) is 5.01. The molecule has 2 aromatic carbocycles. The Kier molecular flexibility index (Phi) is 6.64. The summed E-state index contributed by atoms with van der Waals surface area (Å²) in [5.74, 6) is -0.840. The van der Waals surface area contributed by atoms with Crippen molar-refractivity contribution in [2.45, 2.75) is 26.4 Å². The Labute approximate surface area is 194 Å². The van der Waals surface area contributed by atoms with E-state index in [-0.39, 0.29) is 23.8 Å². The molecule has 3 aromatic rings. The Hall–Kier alpha value is -3.79. The number of nitrogens with zero attached hydrogens (tertiary/aromatic N) is 4. The lowest BCUT2D eigenvalue weighted by Gasteiger charge is -2.20. The van der Waals surface area contributed by atoms with E-state index >= 15 is 0 Å². The maximum Gasteiger partial charge on any atom is 0.340 e. The number of para-hydroxylation sites is 1. The Balaban J connectivity index is 1.52. The van der Waals surface area contributed by atoms with Crippen LogP contribution in [0.15, 0.2) is 53.9 Å². The Morgan fingerprint density at radius 2 is 1.91 bits per heavy atom. The lowest BCUT2D eigenvalue weighted by molar-refractivity contribution is -0.384. The van der Waals surface area contributed by atoms with Gasteiger partial charge in [0.05, 0.1) is 27.6 Å². The molecule has 4 rings (SSSR count). The Morgan fingerprint density at radius 1 is 1.18 bits per heavy atom. The van der Waals surface area contributed by atoms with E-state index in [4.69, 9.17) is 4.74 Å². The number of anilines is 3. The number of nitro benzene ring substituents is 1. The van der Waals surface area contributed by atoms with Crippen molar-refractivity contribution in [2.24, 2.45) is 0 Å². The van der Waals surface area contributed by atoms with Gasteiger partial charge in [-0.3, -0.25) is 19.8 Å². The summed E-state index contributed by atoms with van der Waals surface area (Å²) in [5, 5.41) is 13.4. The van der Waals surface area contributed by atoms with Gasteiger partial charge in [0.25, 0.3) is 5.69 Å². The van der Waals surface area contributed by atoms with Crippen LogP contribution in [0.25, 0.3) is 0 Å². The monoisotopic (exact) mass is 466 g/mol. The molecule has 9 nitrogen and oxygen atoms in total. The first-order chi connectivity index (χ1) is 15.9. The highest BCUT2D eigenvalue weighted by atomic mass is 32.1. The standard InChI is InChI=1S/C23H22N4O5S/c1-16(28)26(18-7-3-2-4-8-18)23-24-17(15-33-23)14-32-22(29)20-13-19(27(30)31)9-10-21(20)25-11-5-6-12-25/h2-4,7-10,13,15H,5-6,11-12,14H2,1H3. The first kappa shape index (κ1) is 22.4. The second-order valence-corrected chi connectivity index (χ2v) is 8.38. The molecule has 1 saturated heterocycles. The van der Waals surface area contributed by atoms with E-state index in [1.807, 2.05) is 35.2 Å². The molecule has 1 fully saturated rings. The highest BCUT2D eigenvalue weighted by Gasteiger charge is 2.24. The average molecular weight is 467 g/mol. The summed E-state index contributed by atoms with van der Waals surface area (Å²) in [7, 11) is 0. The van der Waals surface area contributed by atoms with E-state index in [9.17, 15) is 19.7 Å². The van der Waals surface area contributed by atoms with Gasteiger partial charge < -0.3 is 9.64 Å². The molecule has 1 amide bonds. The number of hydrogen-bond donors (Lipinski definition) is 0. The summed E-state index contributed by atoms with van der Waals surface area (Å²) in [6, 6.07) is 13.4. The minimum absolute atomic E-state index is 0.113. The molecule has 0 N–H and O–H groups in total. The number of non-ortho nitro benzene ring substituents is 1. The molecule has 1 aromatic heterocycles. The SMILES string of the molecule is CC(=O)N(c1ccccc1)c1nc(COC(=O)c2cc([N+](=O)[O-])ccc2N2CCCC2)cs1. The highest BCUT2D eigenvalue weighted by Crippen LogP contribution is 2.31. The second-order valence-electron chi connectivity index (χ2n) is 7.54. The van der Waals surface area contributed by atoms with Crippen LogP contribution in [-0.4, -0.2) is 34.9 Å². The number of thiazole rings is 1. The van der Waals surface area contributed by atoms with Crippen LogP contribution < -0.4 is 9.80 Å². The number of nitro groups is 1. The third-order valence-electron chi connectivity index (χ3n) is 5.27. The van der Waals surface area contributed by atoms with Crippen LogP contribution in [-0.2, 0) is 16.1 Å². The Bertz CT molecular complexity index is 1170. The largest absolute Gasteiger partial charge is 0.455 e. The molecule has 0 atom stereocenters. The van der Waals surface area contributed by atoms with Crippen LogP contribution in [0.1, 0.15) is 35.8 Å². The van der Waals surface area contributed by atoms with Crippen molar-refractivity contribution >= 4 is 45.4 Å². The minimum atomic E-state index is -0.651. The van der Waals surface area contributed by atoms with Crippen molar-refractivity contribution in [3.05, 3.63) is 75.3 Å². The van der Waals surface area contributed by atoms with Crippen LogP contribution in [0.3, 0.4) is 0 Å². The van der Waals surface area contributed by atoms with E-state index in [1.54, 1.807) is 11.4 Å². The predicted molar refractivity (Wildman–Crippen MR) is 125 cm³/mol. The number of aromatic nitrogens is 1. The molecule has 0 bridgehead atoms. The number of esters is 1. The average Bonchev–Trinajstić information content (AvgIpc) is 3.50. The zero-order chi connectivity index (χ0) is 23.4. The van der Waals surface area contributed by atoms with E-state index in [0.29, 0.717) is 22.2 Å². The number of ether oxygens (including phenoxy) is 1. The van der Waals surface area contributed by atoms with Gasteiger partial charge in [0.15, 0.2) is 5.13 Å². The summed E-state index contributed by atoms with van der Waals surface area (Å²) < 4.78 is 5.46. The number of benzene rings is 2. The first-order valence-electron chi connectivity index (χ1n) is 10.4. The van der Waals surface area contributed by atoms with Gasteiger partial charge in [0.2, 0.25) is 5.91 Å². The Morgan fingerprint density at radius 3 is 2.58 bits per heavy atom. The lowest BCUT2D eigenvalue weighted by atomic mass is 10.1. The van der Waals surface area contributed by atoms with E-state index in [2.05, 4.69) is 4.98 Å². The van der Waals surface area contributed by atoms with Crippen LogP contribution in [0.2, 0.25) is 0 Å². The van der Waals surface area contributed by atoms with Gasteiger partial charge in [0, 0.05) is 37.5 Å². The zero-order valence-corrected chi connectivity index (χ0v) is 18.8. The molecular formula is C23H22N4O5S. The maximum absolute atomic E-state index is 12.9. The van der Waals surface area contributed by atoms with Crippen LogP contribution in [0.4, 0.5) is 22.2 Å². The predicted octanol–water partition coefficient (Wildman–Crippen LogP) is 4.69. The van der Waals surface area contributed by atoms with E-state index in [0.717, 1.165) is 25.9 Å². The number of rotatable bonds is 7. The summed E-state index contributed by atoms with van der Waals surface area (Å²) in [6.45, 7) is 2.91. The summed E-state index contributed by atoms with van der Waals surface area (Å²) in [4.78, 5) is 43.7. The highest BCUT2D eigenvalue weighted by molar-refractivity contribution is 7.14. The fraction of sp³-hybridized carbons (Fsp3) is 0.261. The molecule has 1 aliphatic rings. The number of carbonyl (C=O) groups is 2. The van der Waals surface area contributed by atoms with Gasteiger partial charge in [-0.15, -0.1) is 11.3 Å². The normalized spacial score (nSPS) is 13.1. The number of amides is 1. The summed E-state index contributed by atoms with van der Waals surface area (Å²) >= 11 is 1.26. The number of hydrogen-bond acceptors (Lipinski definition) is 8. The first-order valence-corrected chi connectivity index (χ1v) is 11.3. The van der Waals surface area contributed by atoms with E-state index in [1.165, 1.54) is 35.3 Å². The van der Waals surface area contributed by atoms with Crippen molar-refractivity contribution in [3.63, 3.8) is 0 Å². The third-order valence-corrected chi connectivity index (χ3v) is 6.14. The van der Waals surface area contributed by atoms with Crippen LogP contribution in [0.5, 0.6) is 0 Å². The van der Waals surface area contributed by atoms with Gasteiger partial charge in [0.1, 0.15) is 6.61 Å². The molecule has 170 valence electrons. The van der Waals surface area contributed by atoms with Gasteiger partial charge in [-0.05, 0) is 31.0 Å². The fourth-order valence-corrected chi connectivity index (χ4v) is 4.59. The maximum atomic E-state index is 12.9. The quantitative estimate of drug-likeness (QED) is 0.282. The molecule has 0 spiro atoms. The smallest absolute Gasteiger partial charge is 0.340 e. The fourth-order valence-electron chi connectivity index (χ4n) is 3.72. The second kappa shape index (κ2) is 9.78. The van der Waals surface area contributed by atoms with Gasteiger partial charge in [-0.25, -0.2) is 9.78 Å². The molecule has 0 radical (unpaired) electrons. The molecule has 33 heavy (non-hydrogen) atoms. The van der Waals surface area contributed by atoms with Crippen molar-refractivity contribution in [2.75, 3.05) is 22.9 Å². The molecule has 1 aliphatic heterocycles. The lowest BCUT2D eigenvalue weighted by Crippen LogP contribution is -2.22. The zero-order valence-electron chi connectivity index (χ0n) is 18.0. The molecule has 10 heteroatoms. The number of carbonyl (C=O) groups excluding carboxylic acids is 2. The van der Waals surface area contributed by atoms with Crippen molar-refractivity contribution in [1.29, 1.82) is 0 Å². The minimum Gasteiger partial charge on any atom is -0.455 e. The molecule has 2 heterocycles. The van der Waals surface area contributed by atoms with Crippen molar-refractivity contribution in [3.8, 4) is 0 Å². The molecular weight excluding hydrogens is 444 g/mol. The van der Waals surface area contributed by atoms with Crippen molar-refractivity contribution < 1.29 is 19.2 Å². The van der Waals surface area contributed by atoms with Gasteiger partial charge in [-0.2, -0.15) is 0 Å². The summed E-state index contributed by atoms with van der Waals surface area (Å²) in [5.41, 5.74) is 1.80. The molecule has 0 aliphatic carbocycles. The summed E-state index contributed by atoms with van der Waals surface area (Å²) in [6.07, 6.45) is 2.00. The van der Waals surface area contributed by atoms with Gasteiger partial charge >= 0.3 is 5.97 Å². The topological polar surface area (TPSA) is 106 Å².